The molecule has 1 unspecified atom stereocenters. The van der Waals surface area contributed by atoms with Crippen LogP contribution >= 0.6 is 0 Å². The minimum Gasteiger partial charge on any atom is -0.462 e. The summed E-state index contributed by atoms with van der Waals surface area (Å²) in [5, 5.41) is 0. The van der Waals surface area contributed by atoms with E-state index in [9.17, 15) is 14.4 Å². The Labute approximate surface area is 446 Å². The zero-order valence-corrected chi connectivity index (χ0v) is 47.7. The van der Waals surface area contributed by atoms with Crippen LogP contribution in [0, 0.1) is 0 Å². The number of carbonyl (C=O) groups excluding carboxylic acids is 3. The van der Waals surface area contributed by atoms with Gasteiger partial charge in [0.05, 0.1) is 0 Å². The summed E-state index contributed by atoms with van der Waals surface area (Å²) in [7, 11) is 0. The summed E-state index contributed by atoms with van der Waals surface area (Å²) in [6.07, 6.45) is 78.3. The molecule has 0 saturated carbocycles. The Morgan fingerprint density at radius 1 is 0.292 bits per heavy atom. The molecule has 0 aromatic heterocycles. The number of carbonyl (C=O) groups is 3. The van der Waals surface area contributed by atoms with Crippen LogP contribution in [0.2, 0.25) is 0 Å². The summed E-state index contributed by atoms with van der Waals surface area (Å²) in [5.41, 5.74) is 0. The van der Waals surface area contributed by atoms with Crippen LogP contribution in [0.15, 0.2) is 72.9 Å². The Hall–Kier alpha value is -3.15. The molecular weight excluding hydrogens is 889 g/mol. The number of rotatable bonds is 56. The van der Waals surface area contributed by atoms with Gasteiger partial charge in [-0.2, -0.15) is 0 Å². The van der Waals surface area contributed by atoms with Crippen molar-refractivity contribution in [2.45, 2.75) is 316 Å². The quantitative estimate of drug-likeness (QED) is 0.0261. The van der Waals surface area contributed by atoms with Crippen LogP contribution in [0.4, 0.5) is 0 Å². The summed E-state index contributed by atoms with van der Waals surface area (Å²) in [6, 6.07) is 0. The fraction of sp³-hybridized carbons (Fsp3) is 0.773. The Morgan fingerprint density at radius 3 is 0.847 bits per heavy atom. The monoisotopic (exact) mass is 1000 g/mol. The molecule has 0 amide bonds. The van der Waals surface area contributed by atoms with E-state index in [1.54, 1.807) is 0 Å². The maximum Gasteiger partial charge on any atom is 0.306 e. The van der Waals surface area contributed by atoms with Crippen LogP contribution in [0.5, 0.6) is 0 Å². The van der Waals surface area contributed by atoms with E-state index < -0.39 is 6.10 Å². The minimum absolute atomic E-state index is 0.0908. The second-order valence-corrected chi connectivity index (χ2v) is 20.6. The standard InChI is InChI=1S/C66H116O6/c1-4-7-10-13-15-17-19-21-23-25-27-29-30-31-32-33-34-35-37-38-40-42-44-46-48-50-53-56-59-65(68)71-62-63(61-70-64(67)58-55-52-12-9-6-3)72-66(69)60-57-54-51-49-47-45-43-41-39-36-28-26-24-22-20-18-16-14-11-8-5-2/h8,11,16,18,22,24,28,36,41,43,47,49,63H,4-7,9-10,12-15,17,19-21,23,25-27,29-35,37-40,42,44-46,48,50-62H2,1-3H3/b11-8-,18-16-,24-22-,36-28-,43-41-,49-47-. The zero-order valence-electron chi connectivity index (χ0n) is 47.7. The molecule has 0 fully saturated rings. The van der Waals surface area contributed by atoms with Gasteiger partial charge < -0.3 is 14.2 Å². The van der Waals surface area contributed by atoms with Gasteiger partial charge in [-0.05, 0) is 70.6 Å². The molecule has 0 heterocycles. The smallest absolute Gasteiger partial charge is 0.306 e. The topological polar surface area (TPSA) is 78.9 Å². The molecule has 72 heavy (non-hydrogen) atoms. The first-order chi connectivity index (χ1) is 35.5. The minimum atomic E-state index is -0.794. The number of hydrogen-bond acceptors (Lipinski definition) is 6. The van der Waals surface area contributed by atoms with E-state index in [-0.39, 0.29) is 37.5 Å². The largest absolute Gasteiger partial charge is 0.462 e. The Bertz CT molecular complexity index is 1340. The second kappa shape index (κ2) is 60.4. The third kappa shape index (κ3) is 57.7. The molecule has 0 saturated heterocycles. The van der Waals surface area contributed by atoms with Gasteiger partial charge in [-0.3, -0.25) is 14.4 Å². The lowest BCUT2D eigenvalue weighted by Gasteiger charge is -2.18. The number of esters is 3. The van der Waals surface area contributed by atoms with Crippen molar-refractivity contribution < 1.29 is 28.6 Å². The van der Waals surface area contributed by atoms with Crippen LogP contribution in [-0.4, -0.2) is 37.2 Å². The second-order valence-electron chi connectivity index (χ2n) is 20.6. The molecular formula is C66H116O6. The predicted octanol–water partition coefficient (Wildman–Crippen LogP) is 20.9. The van der Waals surface area contributed by atoms with Gasteiger partial charge in [0.15, 0.2) is 6.10 Å². The molecule has 0 spiro atoms. The van der Waals surface area contributed by atoms with Crippen LogP contribution in [0.1, 0.15) is 310 Å². The highest BCUT2D eigenvalue weighted by Gasteiger charge is 2.19. The van der Waals surface area contributed by atoms with Crippen molar-refractivity contribution in [1.82, 2.24) is 0 Å². The highest BCUT2D eigenvalue weighted by Crippen LogP contribution is 2.17. The van der Waals surface area contributed by atoms with E-state index in [4.69, 9.17) is 14.2 Å². The van der Waals surface area contributed by atoms with Crippen molar-refractivity contribution in [2.75, 3.05) is 13.2 Å². The number of hydrogen-bond donors (Lipinski definition) is 0. The van der Waals surface area contributed by atoms with Crippen molar-refractivity contribution in [3.63, 3.8) is 0 Å². The Kier molecular flexibility index (Phi) is 57.8. The molecule has 0 radical (unpaired) electrons. The molecule has 1 atom stereocenters. The summed E-state index contributed by atoms with van der Waals surface area (Å²) < 4.78 is 16.7. The molecule has 6 heteroatoms. The summed E-state index contributed by atoms with van der Waals surface area (Å²) in [4.78, 5) is 37.8. The van der Waals surface area contributed by atoms with Gasteiger partial charge in [-0.15, -0.1) is 0 Å². The van der Waals surface area contributed by atoms with Crippen LogP contribution in [0.3, 0.4) is 0 Å². The van der Waals surface area contributed by atoms with E-state index in [1.165, 1.54) is 167 Å². The summed E-state index contributed by atoms with van der Waals surface area (Å²) >= 11 is 0. The van der Waals surface area contributed by atoms with E-state index >= 15 is 0 Å². The van der Waals surface area contributed by atoms with Gasteiger partial charge in [0.1, 0.15) is 13.2 Å². The lowest BCUT2D eigenvalue weighted by Crippen LogP contribution is -2.30. The molecule has 0 aliphatic rings. The maximum absolute atomic E-state index is 12.8. The van der Waals surface area contributed by atoms with E-state index in [0.717, 1.165) is 96.3 Å². The summed E-state index contributed by atoms with van der Waals surface area (Å²) in [6.45, 7) is 6.44. The molecule has 0 aromatic carbocycles. The SMILES string of the molecule is CC/C=C\C/C=C\C/C=C\C/C=C\C/C=C\C/C=C\CCCCC(=O)OC(COC(=O)CCCCCCC)COC(=O)CCCCCCCCCCCCCCCCCCCCCCCCCCCCCC. The zero-order chi connectivity index (χ0) is 52.2. The average Bonchev–Trinajstić information content (AvgIpc) is 3.38. The highest BCUT2D eigenvalue weighted by atomic mass is 16.6. The molecule has 0 rings (SSSR count). The van der Waals surface area contributed by atoms with Gasteiger partial charge in [0.2, 0.25) is 0 Å². The highest BCUT2D eigenvalue weighted by molar-refractivity contribution is 5.71. The first-order valence-electron chi connectivity index (χ1n) is 30.9. The molecule has 0 N–H and O–H groups in total. The van der Waals surface area contributed by atoms with Crippen LogP contribution in [0.25, 0.3) is 0 Å². The van der Waals surface area contributed by atoms with E-state index in [2.05, 4.69) is 93.7 Å². The number of ether oxygens (including phenoxy) is 3. The van der Waals surface area contributed by atoms with Crippen molar-refractivity contribution in [1.29, 1.82) is 0 Å². The molecule has 0 aliphatic carbocycles. The molecule has 416 valence electrons. The Balaban J connectivity index is 4.06. The van der Waals surface area contributed by atoms with Gasteiger partial charge in [0.25, 0.3) is 0 Å². The average molecular weight is 1010 g/mol. The number of allylic oxidation sites excluding steroid dienone is 12. The Morgan fingerprint density at radius 2 is 0.542 bits per heavy atom. The molecule has 0 aliphatic heterocycles. The van der Waals surface area contributed by atoms with Crippen molar-refractivity contribution in [3.8, 4) is 0 Å². The maximum atomic E-state index is 12.8. The van der Waals surface area contributed by atoms with Crippen LogP contribution in [-0.2, 0) is 28.6 Å². The fourth-order valence-corrected chi connectivity index (χ4v) is 8.86. The van der Waals surface area contributed by atoms with Gasteiger partial charge in [-0.1, -0.05) is 293 Å². The third-order valence-corrected chi connectivity index (χ3v) is 13.5. The lowest BCUT2D eigenvalue weighted by molar-refractivity contribution is -0.167. The van der Waals surface area contributed by atoms with Crippen molar-refractivity contribution in [2.24, 2.45) is 0 Å². The first-order valence-corrected chi connectivity index (χ1v) is 30.9. The van der Waals surface area contributed by atoms with Gasteiger partial charge in [-0.25, -0.2) is 0 Å². The van der Waals surface area contributed by atoms with Gasteiger partial charge >= 0.3 is 17.9 Å². The molecule has 0 bridgehead atoms. The fourth-order valence-electron chi connectivity index (χ4n) is 8.86. The predicted molar refractivity (Wildman–Crippen MR) is 311 cm³/mol. The van der Waals surface area contributed by atoms with Crippen molar-refractivity contribution in [3.05, 3.63) is 72.9 Å². The normalized spacial score (nSPS) is 12.5. The van der Waals surface area contributed by atoms with Gasteiger partial charge in [0, 0.05) is 19.3 Å². The molecule has 0 aromatic rings. The van der Waals surface area contributed by atoms with E-state index in [1.807, 2.05) is 0 Å². The van der Waals surface area contributed by atoms with E-state index in [0.29, 0.717) is 19.3 Å². The third-order valence-electron chi connectivity index (χ3n) is 13.5. The first kappa shape index (κ1) is 68.8. The summed E-state index contributed by atoms with van der Waals surface area (Å²) in [5.74, 6) is -0.939. The number of unbranched alkanes of at least 4 members (excludes halogenated alkanes) is 33. The van der Waals surface area contributed by atoms with Crippen LogP contribution < -0.4 is 0 Å². The van der Waals surface area contributed by atoms with Crippen molar-refractivity contribution >= 4 is 17.9 Å². The lowest BCUT2D eigenvalue weighted by atomic mass is 10.0. The molecule has 6 nitrogen and oxygen atoms in total.